The van der Waals surface area contributed by atoms with Crippen LogP contribution < -0.4 is 0 Å². The van der Waals surface area contributed by atoms with Gasteiger partial charge in [-0.1, -0.05) is 35.4 Å². The third-order valence-electron chi connectivity index (χ3n) is 5.50. The first kappa shape index (κ1) is 20.5. The normalized spacial score (nSPS) is 23.8. The zero-order chi connectivity index (χ0) is 20.8. The topological polar surface area (TPSA) is 84.0 Å². The SMILES string of the molecule is Cc1ccc(S(=O)(=O)N2C[C@@H]3OCCN(S(=O)(=O)c4ccc(C)cc4)[C@H]3C2)cc1. The van der Waals surface area contributed by atoms with Crippen LogP contribution in [0.25, 0.3) is 0 Å². The minimum atomic E-state index is -3.74. The Morgan fingerprint density at radius 2 is 1.31 bits per heavy atom. The number of benzene rings is 2. The van der Waals surface area contributed by atoms with Gasteiger partial charge in [-0.3, -0.25) is 0 Å². The van der Waals surface area contributed by atoms with E-state index in [4.69, 9.17) is 4.74 Å². The zero-order valence-electron chi connectivity index (χ0n) is 16.4. The van der Waals surface area contributed by atoms with Crippen molar-refractivity contribution >= 4 is 20.0 Å². The van der Waals surface area contributed by atoms with Gasteiger partial charge >= 0.3 is 0 Å². The van der Waals surface area contributed by atoms with Crippen molar-refractivity contribution in [2.75, 3.05) is 26.2 Å². The Morgan fingerprint density at radius 3 is 1.86 bits per heavy atom. The van der Waals surface area contributed by atoms with E-state index in [0.717, 1.165) is 11.1 Å². The fourth-order valence-electron chi connectivity index (χ4n) is 3.82. The molecule has 0 N–H and O–H groups in total. The summed E-state index contributed by atoms with van der Waals surface area (Å²) in [6, 6.07) is 12.8. The predicted octanol–water partition coefficient (Wildman–Crippen LogP) is 1.77. The summed E-state index contributed by atoms with van der Waals surface area (Å²) in [4.78, 5) is 0.415. The fraction of sp³-hybridized carbons (Fsp3) is 0.400. The minimum Gasteiger partial charge on any atom is -0.374 e. The summed E-state index contributed by atoms with van der Waals surface area (Å²) in [6.45, 7) is 4.45. The van der Waals surface area contributed by atoms with Crippen molar-refractivity contribution in [1.82, 2.24) is 8.61 Å². The standard InChI is InChI=1S/C20H24N2O5S2/c1-15-3-7-17(8-4-15)28(23,24)21-13-19-20(14-21)27-12-11-22(19)29(25,26)18-9-5-16(2)6-10-18/h3-10,19-20H,11-14H2,1-2H3/t19-,20-/m0/s1. The Morgan fingerprint density at radius 1 is 0.793 bits per heavy atom. The Labute approximate surface area is 172 Å². The van der Waals surface area contributed by atoms with Gasteiger partial charge in [0, 0.05) is 19.6 Å². The second-order valence-corrected chi connectivity index (χ2v) is 11.4. The Hall–Kier alpha value is -1.78. The van der Waals surface area contributed by atoms with Crippen LogP contribution in [-0.4, -0.2) is 63.8 Å². The average Bonchev–Trinajstić information content (AvgIpc) is 3.14. The van der Waals surface area contributed by atoms with Crippen molar-refractivity contribution in [2.24, 2.45) is 0 Å². The molecule has 2 fully saturated rings. The molecule has 2 saturated heterocycles. The fourth-order valence-corrected chi connectivity index (χ4v) is 6.92. The number of rotatable bonds is 4. The summed E-state index contributed by atoms with van der Waals surface area (Å²) in [5.41, 5.74) is 1.94. The number of fused-ring (bicyclic) bond motifs is 1. The molecule has 0 unspecified atom stereocenters. The second-order valence-electron chi connectivity index (χ2n) is 7.54. The third-order valence-corrected chi connectivity index (χ3v) is 9.29. The van der Waals surface area contributed by atoms with Crippen molar-refractivity contribution in [3.05, 3.63) is 59.7 Å². The molecular formula is C20H24N2O5S2. The van der Waals surface area contributed by atoms with Gasteiger partial charge in [-0.25, -0.2) is 16.8 Å². The van der Waals surface area contributed by atoms with Gasteiger partial charge in [-0.15, -0.1) is 0 Å². The third kappa shape index (κ3) is 3.73. The minimum absolute atomic E-state index is 0.0754. The summed E-state index contributed by atoms with van der Waals surface area (Å²) in [6.07, 6.45) is -0.482. The highest BCUT2D eigenvalue weighted by molar-refractivity contribution is 7.89. The first-order valence-electron chi connectivity index (χ1n) is 9.46. The lowest BCUT2D eigenvalue weighted by Gasteiger charge is -2.35. The van der Waals surface area contributed by atoms with Crippen LogP contribution in [0.5, 0.6) is 0 Å². The molecule has 2 aliphatic heterocycles. The average molecular weight is 437 g/mol. The zero-order valence-corrected chi connectivity index (χ0v) is 18.0. The van der Waals surface area contributed by atoms with Gasteiger partial charge in [0.1, 0.15) is 0 Å². The maximum Gasteiger partial charge on any atom is 0.243 e. The molecule has 4 rings (SSSR count). The van der Waals surface area contributed by atoms with Crippen LogP contribution in [0.15, 0.2) is 58.3 Å². The van der Waals surface area contributed by atoms with E-state index >= 15 is 0 Å². The smallest absolute Gasteiger partial charge is 0.243 e. The molecular weight excluding hydrogens is 412 g/mol. The van der Waals surface area contributed by atoms with Crippen LogP contribution in [0, 0.1) is 13.8 Å². The van der Waals surface area contributed by atoms with E-state index in [1.54, 1.807) is 48.5 Å². The van der Waals surface area contributed by atoms with Gasteiger partial charge in [0.15, 0.2) is 0 Å². The number of ether oxygens (including phenoxy) is 1. The molecule has 7 nitrogen and oxygen atoms in total. The molecule has 2 aliphatic rings. The Kier molecular flexibility index (Phi) is 5.28. The maximum absolute atomic E-state index is 13.2. The summed E-state index contributed by atoms with van der Waals surface area (Å²) < 4.78 is 61.0. The van der Waals surface area contributed by atoms with Crippen LogP contribution in [-0.2, 0) is 24.8 Å². The summed E-state index contributed by atoms with van der Waals surface area (Å²) >= 11 is 0. The molecule has 2 aromatic rings. The summed E-state index contributed by atoms with van der Waals surface area (Å²) in [7, 11) is -7.46. The maximum atomic E-state index is 13.2. The molecule has 0 spiro atoms. The monoisotopic (exact) mass is 436 g/mol. The molecule has 2 heterocycles. The van der Waals surface area contributed by atoms with Crippen LogP contribution in [0.2, 0.25) is 0 Å². The molecule has 0 saturated carbocycles. The highest BCUT2D eigenvalue weighted by Gasteiger charge is 2.48. The number of aryl methyl sites for hydroxylation is 2. The van der Waals surface area contributed by atoms with E-state index in [0.29, 0.717) is 0 Å². The largest absolute Gasteiger partial charge is 0.374 e. The van der Waals surface area contributed by atoms with Crippen LogP contribution in [0.1, 0.15) is 11.1 Å². The van der Waals surface area contributed by atoms with E-state index in [-0.39, 0.29) is 36.0 Å². The molecule has 156 valence electrons. The van der Waals surface area contributed by atoms with E-state index in [1.807, 2.05) is 13.8 Å². The van der Waals surface area contributed by atoms with E-state index in [1.165, 1.54) is 8.61 Å². The molecule has 0 amide bonds. The molecule has 0 aliphatic carbocycles. The molecule has 2 atom stereocenters. The van der Waals surface area contributed by atoms with E-state index in [9.17, 15) is 16.8 Å². The van der Waals surface area contributed by atoms with E-state index in [2.05, 4.69) is 0 Å². The van der Waals surface area contributed by atoms with Gasteiger partial charge in [-0.2, -0.15) is 8.61 Å². The molecule has 0 radical (unpaired) electrons. The number of hydrogen-bond donors (Lipinski definition) is 0. The first-order chi connectivity index (χ1) is 13.7. The predicted molar refractivity (Wildman–Crippen MR) is 109 cm³/mol. The van der Waals surface area contributed by atoms with Crippen molar-refractivity contribution in [3.63, 3.8) is 0 Å². The van der Waals surface area contributed by atoms with Crippen LogP contribution >= 0.6 is 0 Å². The Balaban J connectivity index is 1.62. The van der Waals surface area contributed by atoms with Gasteiger partial charge < -0.3 is 4.74 Å². The van der Waals surface area contributed by atoms with Crippen molar-refractivity contribution in [1.29, 1.82) is 0 Å². The van der Waals surface area contributed by atoms with Gasteiger partial charge in [0.2, 0.25) is 20.0 Å². The number of morpholine rings is 1. The molecule has 9 heteroatoms. The van der Waals surface area contributed by atoms with E-state index < -0.39 is 32.2 Å². The Bertz CT molecular complexity index is 1100. The lowest BCUT2D eigenvalue weighted by molar-refractivity contribution is -0.0154. The van der Waals surface area contributed by atoms with Crippen molar-refractivity contribution in [3.8, 4) is 0 Å². The van der Waals surface area contributed by atoms with Gasteiger partial charge in [-0.05, 0) is 38.1 Å². The molecule has 29 heavy (non-hydrogen) atoms. The summed E-state index contributed by atoms with van der Waals surface area (Å²) in [5, 5.41) is 0. The summed E-state index contributed by atoms with van der Waals surface area (Å²) in [5.74, 6) is 0. The highest BCUT2D eigenvalue weighted by atomic mass is 32.2. The number of nitrogens with zero attached hydrogens (tertiary/aromatic N) is 2. The lowest BCUT2D eigenvalue weighted by Crippen LogP contribution is -2.53. The van der Waals surface area contributed by atoms with Gasteiger partial charge in [0.05, 0.1) is 28.5 Å². The van der Waals surface area contributed by atoms with Crippen molar-refractivity contribution < 1.29 is 21.6 Å². The second kappa shape index (κ2) is 7.48. The molecule has 0 bridgehead atoms. The molecule has 2 aromatic carbocycles. The molecule has 0 aromatic heterocycles. The number of sulfonamides is 2. The number of hydrogen-bond acceptors (Lipinski definition) is 5. The van der Waals surface area contributed by atoms with Crippen LogP contribution in [0.4, 0.5) is 0 Å². The van der Waals surface area contributed by atoms with Gasteiger partial charge in [0.25, 0.3) is 0 Å². The van der Waals surface area contributed by atoms with Crippen LogP contribution in [0.3, 0.4) is 0 Å². The van der Waals surface area contributed by atoms with Crippen molar-refractivity contribution in [2.45, 2.75) is 35.8 Å². The first-order valence-corrected chi connectivity index (χ1v) is 12.3. The lowest BCUT2D eigenvalue weighted by atomic mass is 10.2. The highest BCUT2D eigenvalue weighted by Crippen LogP contribution is 2.31. The quantitative estimate of drug-likeness (QED) is 0.729.